The summed E-state index contributed by atoms with van der Waals surface area (Å²) in [5.41, 5.74) is 22.4. The van der Waals surface area contributed by atoms with Crippen LogP contribution in [-0.2, 0) is 0 Å². The number of rotatable bonds is 3. The molecule has 0 bridgehead atoms. The highest BCUT2D eigenvalue weighted by atomic mass is 15.3. The van der Waals surface area contributed by atoms with Gasteiger partial charge in [0, 0.05) is 35.7 Å². The van der Waals surface area contributed by atoms with Gasteiger partial charge < -0.3 is 22.5 Å². The largest absolute Gasteiger partial charge is 0.395 e. The number of nitrogen functional groups attached to an aromatic ring is 2. The van der Waals surface area contributed by atoms with Crippen LogP contribution in [0.4, 0.5) is 17.2 Å². The van der Waals surface area contributed by atoms with Crippen LogP contribution in [0.3, 0.4) is 0 Å². The zero-order valence-corrected chi connectivity index (χ0v) is 14.0. The van der Waals surface area contributed by atoms with Crippen molar-refractivity contribution in [1.82, 2.24) is 14.6 Å². The Bertz CT molecular complexity index is 894. The molecule has 7 heteroatoms. The minimum Gasteiger partial charge on any atom is -0.395 e. The third kappa shape index (κ3) is 2.87. The molecule has 0 spiro atoms. The molecular formula is C18H23N7. The summed E-state index contributed by atoms with van der Waals surface area (Å²) in [7, 11) is 0. The summed E-state index contributed by atoms with van der Waals surface area (Å²) >= 11 is 0. The number of nitrogens with two attached hydrogens (primary N) is 3. The van der Waals surface area contributed by atoms with Gasteiger partial charge in [0.1, 0.15) is 0 Å². The molecule has 4 rings (SSSR count). The second kappa shape index (κ2) is 6.25. The van der Waals surface area contributed by atoms with E-state index in [2.05, 4.69) is 21.5 Å². The Morgan fingerprint density at radius 1 is 1.08 bits per heavy atom. The quantitative estimate of drug-likeness (QED) is 0.582. The van der Waals surface area contributed by atoms with Crippen LogP contribution in [0.15, 0.2) is 36.7 Å². The maximum absolute atomic E-state index is 6.37. The zero-order valence-electron chi connectivity index (χ0n) is 14.0. The van der Waals surface area contributed by atoms with Crippen molar-refractivity contribution in [2.75, 3.05) is 16.8 Å². The first kappa shape index (κ1) is 15.7. The molecule has 25 heavy (non-hydrogen) atoms. The first-order valence-corrected chi connectivity index (χ1v) is 8.63. The van der Waals surface area contributed by atoms with Crippen molar-refractivity contribution in [2.24, 2.45) is 5.73 Å². The molecule has 1 fully saturated rings. The summed E-state index contributed by atoms with van der Waals surface area (Å²) in [6, 6.07) is 8.79. The maximum atomic E-state index is 6.37. The monoisotopic (exact) mass is 337 g/mol. The Labute approximate surface area is 146 Å². The van der Waals surface area contributed by atoms with Crippen LogP contribution in [0.25, 0.3) is 16.8 Å². The molecule has 0 aliphatic heterocycles. The highest BCUT2D eigenvalue weighted by Gasteiger charge is 2.21. The van der Waals surface area contributed by atoms with Crippen molar-refractivity contribution in [3.63, 3.8) is 0 Å². The number of fused-ring (bicyclic) bond motifs is 1. The molecule has 1 aromatic carbocycles. The molecule has 0 radical (unpaired) electrons. The predicted octanol–water partition coefficient (Wildman–Crippen LogP) is 2.24. The second-order valence-electron chi connectivity index (χ2n) is 6.67. The summed E-state index contributed by atoms with van der Waals surface area (Å²) < 4.78 is 1.60. The average Bonchev–Trinajstić information content (AvgIpc) is 3.07. The molecule has 0 amide bonds. The van der Waals surface area contributed by atoms with E-state index in [0.29, 0.717) is 29.2 Å². The van der Waals surface area contributed by atoms with E-state index >= 15 is 0 Å². The van der Waals surface area contributed by atoms with E-state index in [-0.39, 0.29) is 0 Å². The standard InChI is InChI=1S/C18H23N7/c19-11-5-7-12(8-6-11)23-14-4-2-1-3-13(14)15-16(20)18-22-9-10-25(18)24-17(15)21/h1-4,9-12,23H,5-8,19-20H2,(H2,21,24). The lowest BCUT2D eigenvalue weighted by atomic mass is 9.91. The Hall–Kier alpha value is -2.80. The topological polar surface area (TPSA) is 120 Å². The summed E-state index contributed by atoms with van der Waals surface area (Å²) in [6.07, 6.45) is 7.63. The van der Waals surface area contributed by atoms with Gasteiger partial charge in [0.2, 0.25) is 0 Å². The van der Waals surface area contributed by atoms with Gasteiger partial charge >= 0.3 is 0 Å². The second-order valence-corrected chi connectivity index (χ2v) is 6.67. The molecule has 0 atom stereocenters. The highest BCUT2D eigenvalue weighted by Crippen LogP contribution is 2.38. The Kier molecular flexibility index (Phi) is 3.93. The Morgan fingerprint density at radius 2 is 1.84 bits per heavy atom. The van der Waals surface area contributed by atoms with Crippen molar-refractivity contribution in [2.45, 2.75) is 37.8 Å². The van der Waals surface area contributed by atoms with Crippen molar-refractivity contribution in [3.05, 3.63) is 36.7 Å². The van der Waals surface area contributed by atoms with Gasteiger partial charge in [-0.1, -0.05) is 18.2 Å². The first-order chi connectivity index (χ1) is 12.1. The smallest absolute Gasteiger partial charge is 0.177 e. The molecule has 3 aromatic rings. The minimum absolute atomic E-state index is 0.326. The van der Waals surface area contributed by atoms with Crippen molar-refractivity contribution >= 4 is 22.8 Å². The molecule has 7 nitrogen and oxygen atoms in total. The maximum Gasteiger partial charge on any atom is 0.177 e. The third-order valence-electron chi connectivity index (χ3n) is 4.93. The number of hydrogen-bond acceptors (Lipinski definition) is 6. The number of anilines is 3. The van der Waals surface area contributed by atoms with Gasteiger partial charge in [-0.05, 0) is 31.7 Å². The fourth-order valence-corrected chi connectivity index (χ4v) is 3.58. The lowest BCUT2D eigenvalue weighted by Crippen LogP contribution is -2.32. The summed E-state index contributed by atoms with van der Waals surface area (Å²) in [4.78, 5) is 4.28. The first-order valence-electron chi connectivity index (χ1n) is 8.63. The van der Waals surface area contributed by atoms with Crippen LogP contribution >= 0.6 is 0 Å². The van der Waals surface area contributed by atoms with Gasteiger partial charge in [0.25, 0.3) is 0 Å². The van der Waals surface area contributed by atoms with Crippen molar-refractivity contribution in [3.8, 4) is 11.1 Å². The Morgan fingerprint density at radius 3 is 2.64 bits per heavy atom. The molecular weight excluding hydrogens is 314 g/mol. The number of aromatic nitrogens is 3. The third-order valence-corrected chi connectivity index (χ3v) is 4.93. The van der Waals surface area contributed by atoms with Crippen molar-refractivity contribution in [1.29, 1.82) is 0 Å². The van der Waals surface area contributed by atoms with Crippen LogP contribution in [0.5, 0.6) is 0 Å². The minimum atomic E-state index is 0.326. The Balaban J connectivity index is 1.74. The van der Waals surface area contributed by atoms with E-state index in [9.17, 15) is 0 Å². The van der Waals surface area contributed by atoms with E-state index in [1.54, 1.807) is 16.9 Å². The number of para-hydroxylation sites is 1. The van der Waals surface area contributed by atoms with E-state index in [1.165, 1.54) is 0 Å². The molecule has 0 unspecified atom stereocenters. The van der Waals surface area contributed by atoms with Gasteiger partial charge in [0.05, 0.1) is 11.3 Å². The van der Waals surface area contributed by atoms with Crippen LogP contribution in [0.2, 0.25) is 0 Å². The molecule has 1 aliphatic carbocycles. The lowest BCUT2D eigenvalue weighted by Gasteiger charge is -2.28. The number of nitrogens with one attached hydrogen (secondary N) is 1. The number of hydrogen-bond donors (Lipinski definition) is 4. The molecule has 0 saturated heterocycles. The highest BCUT2D eigenvalue weighted by molar-refractivity contribution is 5.95. The van der Waals surface area contributed by atoms with Gasteiger partial charge in [-0.3, -0.25) is 0 Å². The number of nitrogens with zero attached hydrogens (tertiary/aromatic N) is 3. The van der Waals surface area contributed by atoms with Gasteiger partial charge in [-0.25, -0.2) is 9.50 Å². The van der Waals surface area contributed by atoms with Gasteiger partial charge in [-0.15, -0.1) is 5.10 Å². The van der Waals surface area contributed by atoms with Crippen LogP contribution in [-0.4, -0.2) is 26.7 Å². The molecule has 7 N–H and O–H groups in total. The summed E-state index contributed by atoms with van der Waals surface area (Å²) in [6.45, 7) is 0. The van der Waals surface area contributed by atoms with E-state index in [1.807, 2.05) is 18.2 Å². The summed E-state index contributed by atoms with van der Waals surface area (Å²) in [5.74, 6) is 0.392. The molecule has 1 saturated carbocycles. The van der Waals surface area contributed by atoms with E-state index in [4.69, 9.17) is 17.2 Å². The average molecular weight is 337 g/mol. The fourth-order valence-electron chi connectivity index (χ4n) is 3.58. The van der Waals surface area contributed by atoms with Crippen LogP contribution in [0, 0.1) is 0 Å². The molecule has 2 aromatic heterocycles. The predicted molar refractivity (Wildman–Crippen MR) is 101 cm³/mol. The van der Waals surface area contributed by atoms with Gasteiger partial charge in [-0.2, -0.15) is 0 Å². The summed E-state index contributed by atoms with van der Waals surface area (Å²) in [5, 5.41) is 8.02. The van der Waals surface area contributed by atoms with Crippen LogP contribution < -0.4 is 22.5 Å². The lowest BCUT2D eigenvalue weighted by molar-refractivity contribution is 0.411. The van der Waals surface area contributed by atoms with Gasteiger partial charge in [0.15, 0.2) is 11.5 Å². The number of imidazole rings is 1. The SMILES string of the molecule is Nc1nn2ccnc2c(N)c1-c1ccccc1NC1CCC(N)CC1. The molecule has 130 valence electrons. The number of benzene rings is 1. The molecule has 1 aliphatic rings. The fraction of sp³-hybridized carbons (Fsp3) is 0.333. The molecule has 2 heterocycles. The normalized spacial score (nSPS) is 20.7. The zero-order chi connectivity index (χ0) is 17.4. The van der Waals surface area contributed by atoms with Crippen molar-refractivity contribution < 1.29 is 0 Å². The van der Waals surface area contributed by atoms with E-state index in [0.717, 1.165) is 42.5 Å². The van der Waals surface area contributed by atoms with E-state index < -0.39 is 0 Å². The van der Waals surface area contributed by atoms with Crippen LogP contribution in [0.1, 0.15) is 25.7 Å².